The van der Waals surface area contributed by atoms with Gasteiger partial charge in [0.25, 0.3) is 0 Å². The van der Waals surface area contributed by atoms with Crippen LogP contribution in [0.5, 0.6) is 0 Å². The van der Waals surface area contributed by atoms with E-state index in [1.54, 1.807) is 0 Å². The summed E-state index contributed by atoms with van der Waals surface area (Å²) in [6.07, 6.45) is 0.680. The number of nitrogen functional groups attached to an aromatic ring is 1. The predicted molar refractivity (Wildman–Crippen MR) is 90.5 cm³/mol. The Morgan fingerprint density at radius 1 is 1.35 bits per heavy atom. The van der Waals surface area contributed by atoms with Crippen LogP contribution in [0.2, 0.25) is 0 Å². The second kappa shape index (κ2) is 6.76. The zero-order valence-corrected chi connectivity index (χ0v) is 13.8. The van der Waals surface area contributed by atoms with E-state index >= 15 is 0 Å². The second-order valence-electron chi connectivity index (χ2n) is 6.53. The highest BCUT2D eigenvalue weighted by atomic mass is 16.6. The van der Waals surface area contributed by atoms with Gasteiger partial charge in [-0.25, -0.2) is 4.79 Å². The highest BCUT2D eigenvalue weighted by Crippen LogP contribution is 2.31. The number of benzene rings is 1. The summed E-state index contributed by atoms with van der Waals surface area (Å²) in [6, 6.07) is 3.66. The molecule has 2 rings (SSSR count). The molecule has 0 fully saturated rings. The van der Waals surface area contributed by atoms with Crippen molar-refractivity contribution in [2.75, 3.05) is 29.5 Å². The van der Waals surface area contributed by atoms with Crippen LogP contribution in [-0.2, 0) is 16.0 Å². The first-order valence-electron chi connectivity index (χ1n) is 7.67. The fraction of sp³-hybridized carbons (Fsp3) is 0.500. The lowest BCUT2D eigenvalue weighted by atomic mass is 10.1. The molecule has 0 aromatic heterocycles. The van der Waals surface area contributed by atoms with Gasteiger partial charge in [0.05, 0.1) is 17.8 Å². The number of anilines is 3. The zero-order valence-electron chi connectivity index (χ0n) is 13.8. The van der Waals surface area contributed by atoms with Gasteiger partial charge in [0.2, 0.25) is 5.91 Å². The van der Waals surface area contributed by atoms with E-state index in [1.165, 1.54) is 0 Å². The van der Waals surface area contributed by atoms with Crippen molar-refractivity contribution >= 4 is 29.1 Å². The van der Waals surface area contributed by atoms with Gasteiger partial charge < -0.3 is 26.4 Å². The molecule has 1 aromatic rings. The van der Waals surface area contributed by atoms with Crippen molar-refractivity contribution in [1.29, 1.82) is 0 Å². The molecule has 2 amide bonds. The third-order valence-corrected chi connectivity index (χ3v) is 3.24. The number of ether oxygens (including phenoxy) is 1. The Morgan fingerprint density at radius 2 is 2.09 bits per heavy atom. The molecule has 7 nitrogen and oxygen atoms in total. The number of carbonyl (C=O) groups excluding carboxylic acids is 2. The molecule has 23 heavy (non-hydrogen) atoms. The van der Waals surface area contributed by atoms with Crippen molar-refractivity contribution in [2.24, 2.45) is 0 Å². The van der Waals surface area contributed by atoms with Crippen molar-refractivity contribution < 1.29 is 14.3 Å². The quantitative estimate of drug-likeness (QED) is 0.491. The number of rotatable bonds is 5. The number of fused-ring (bicyclic) bond motifs is 1. The molecule has 0 saturated carbocycles. The third-order valence-electron chi connectivity index (χ3n) is 3.24. The van der Waals surface area contributed by atoms with Gasteiger partial charge in [-0.1, -0.05) is 0 Å². The predicted octanol–water partition coefficient (Wildman–Crippen LogP) is 2.09. The van der Waals surface area contributed by atoms with Crippen LogP contribution >= 0.6 is 0 Å². The third kappa shape index (κ3) is 5.05. The number of nitrogens with one attached hydrogen (secondary N) is 3. The molecule has 0 unspecified atom stereocenters. The van der Waals surface area contributed by atoms with Gasteiger partial charge in [-0.3, -0.25) is 4.79 Å². The van der Waals surface area contributed by atoms with Gasteiger partial charge in [-0.2, -0.15) is 0 Å². The zero-order chi connectivity index (χ0) is 17.0. The summed E-state index contributed by atoms with van der Waals surface area (Å²) in [7, 11) is 0. The van der Waals surface area contributed by atoms with Gasteiger partial charge >= 0.3 is 6.09 Å². The number of hydrogen-bond donors (Lipinski definition) is 4. The minimum absolute atomic E-state index is 0.0156. The molecule has 0 radical (unpaired) electrons. The maximum atomic E-state index is 11.5. The fourth-order valence-electron chi connectivity index (χ4n) is 2.26. The van der Waals surface area contributed by atoms with Crippen molar-refractivity contribution in [3.8, 4) is 0 Å². The molecule has 1 aliphatic rings. The van der Waals surface area contributed by atoms with Crippen LogP contribution in [0.4, 0.5) is 21.9 Å². The van der Waals surface area contributed by atoms with Gasteiger partial charge in [-0.15, -0.1) is 0 Å². The molecule has 0 aliphatic carbocycles. The number of alkyl carbamates (subject to hydrolysis) is 1. The monoisotopic (exact) mass is 320 g/mol. The van der Waals surface area contributed by atoms with Crippen LogP contribution in [0.1, 0.15) is 32.8 Å². The lowest BCUT2D eigenvalue weighted by Gasteiger charge is -2.19. The number of hydrogen-bond acceptors (Lipinski definition) is 5. The molecular formula is C16H24N4O3. The van der Waals surface area contributed by atoms with E-state index in [4.69, 9.17) is 10.5 Å². The lowest BCUT2D eigenvalue weighted by Crippen LogP contribution is -2.33. The summed E-state index contributed by atoms with van der Waals surface area (Å²) in [6.45, 7) is 6.62. The molecule has 0 atom stereocenters. The molecule has 126 valence electrons. The minimum atomic E-state index is -0.494. The van der Waals surface area contributed by atoms with Crippen LogP contribution in [0.3, 0.4) is 0 Å². The van der Waals surface area contributed by atoms with E-state index < -0.39 is 11.7 Å². The second-order valence-corrected chi connectivity index (χ2v) is 6.53. The van der Waals surface area contributed by atoms with E-state index in [0.29, 0.717) is 25.2 Å². The van der Waals surface area contributed by atoms with Crippen LogP contribution in [0.25, 0.3) is 0 Å². The fourth-order valence-corrected chi connectivity index (χ4v) is 2.26. The van der Waals surface area contributed by atoms with Gasteiger partial charge in [-0.05, 0) is 44.9 Å². The summed E-state index contributed by atoms with van der Waals surface area (Å²) in [5.74, 6) is -0.0156. The van der Waals surface area contributed by atoms with E-state index in [0.717, 1.165) is 23.4 Å². The standard InChI is InChI=1S/C16H24N4O3/c1-16(2,3)23-15(22)19-6-4-5-18-13-9-12-10(7-11(13)17)8-14(21)20-12/h7,9,18H,4-6,8,17H2,1-3H3,(H,19,22)(H,20,21). The topological polar surface area (TPSA) is 105 Å². The Kier molecular flexibility index (Phi) is 4.98. The first-order chi connectivity index (χ1) is 10.7. The van der Waals surface area contributed by atoms with Crippen molar-refractivity contribution in [1.82, 2.24) is 5.32 Å². The Morgan fingerprint density at radius 3 is 2.78 bits per heavy atom. The van der Waals surface area contributed by atoms with E-state index in [-0.39, 0.29) is 5.91 Å². The van der Waals surface area contributed by atoms with Crippen LogP contribution < -0.4 is 21.7 Å². The van der Waals surface area contributed by atoms with Gasteiger partial charge in [0, 0.05) is 18.8 Å². The van der Waals surface area contributed by atoms with E-state index in [9.17, 15) is 9.59 Å². The molecule has 0 spiro atoms. The molecule has 1 heterocycles. The summed E-state index contributed by atoms with van der Waals surface area (Å²) in [5, 5.41) is 8.70. The minimum Gasteiger partial charge on any atom is -0.444 e. The maximum absolute atomic E-state index is 11.5. The van der Waals surface area contributed by atoms with Gasteiger partial charge in [0.1, 0.15) is 5.60 Å². The molecular weight excluding hydrogens is 296 g/mol. The molecule has 5 N–H and O–H groups in total. The van der Waals surface area contributed by atoms with Gasteiger partial charge in [0.15, 0.2) is 0 Å². The van der Waals surface area contributed by atoms with E-state index in [1.807, 2.05) is 32.9 Å². The maximum Gasteiger partial charge on any atom is 0.407 e. The first-order valence-corrected chi connectivity index (χ1v) is 7.67. The SMILES string of the molecule is CC(C)(C)OC(=O)NCCCNc1cc2c(cc1N)CC(=O)N2. The Hall–Kier alpha value is -2.44. The Balaban J connectivity index is 1.74. The average molecular weight is 320 g/mol. The van der Waals surface area contributed by atoms with E-state index in [2.05, 4.69) is 16.0 Å². The summed E-state index contributed by atoms with van der Waals surface area (Å²) in [4.78, 5) is 22.9. The summed E-state index contributed by atoms with van der Waals surface area (Å²) in [5.41, 5.74) is 8.60. The lowest BCUT2D eigenvalue weighted by molar-refractivity contribution is -0.115. The smallest absolute Gasteiger partial charge is 0.407 e. The molecule has 1 aromatic carbocycles. The first kappa shape index (κ1) is 16.9. The Bertz CT molecular complexity index is 608. The molecule has 0 bridgehead atoms. The molecule has 0 saturated heterocycles. The normalized spacial score (nSPS) is 13.3. The molecule has 7 heteroatoms. The van der Waals surface area contributed by atoms with Crippen molar-refractivity contribution in [2.45, 2.75) is 39.2 Å². The number of nitrogens with two attached hydrogens (primary N) is 1. The Labute approximate surface area is 136 Å². The average Bonchev–Trinajstić information content (AvgIpc) is 2.75. The van der Waals surface area contributed by atoms with Crippen LogP contribution in [0.15, 0.2) is 12.1 Å². The highest BCUT2D eigenvalue weighted by Gasteiger charge is 2.19. The summed E-state index contributed by atoms with van der Waals surface area (Å²) >= 11 is 0. The van der Waals surface area contributed by atoms with Crippen molar-refractivity contribution in [3.63, 3.8) is 0 Å². The summed E-state index contributed by atoms with van der Waals surface area (Å²) < 4.78 is 5.15. The van der Waals surface area contributed by atoms with Crippen LogP contribution in [0, 0.1) is 0 Å². The molecule has 1 aliphatic heterocycles. The van der Waals surface area contributed by atoms with Crippen LogP contribution in [-0.4, -0.2) is 30.7 Å². The highest BCUT2D eigenvalue weighted by molar-refractivity contribution is 6.00. The van der Waals surface area contributed by atoms with Crippen molar-refractivity contribution in [3.05, 3.63) is 17.7 Å². The number of amides is 2. The number of carbonyl (C=O) groups is 2. The largest absolute Gasteiger partial charge is 0.444 e.